The number of anilines is 2. The quantitative estimate of drug-likeness (QED) is 0.138. The van der Waals surface area contributed by atoms with Crippen molar-refractivity contribution in [3.63, 3.8) is 0 Å². The molecule has 0 N–H and O–H groups in total. The second kappa shape index (κ2) is 25.3. The van der Waals surface area contributed by atoms with E-state index in [1.54, 1.807) is 0 Å². The molecule has 0 saturated heterocycles. The van der Waals surface area contributed by atoms with Crippen LogP contribution < -0.4 is 51.8 Å². The van der Waals surface area contributed by atoms with Crippen LogP contribution in [0.4, 0.5) is 11.4 Å². The van der Waals surface area contributed by atoms with E-state index < -0.39 is 15.8 Å². The molecule has 0 unspecified atom stereocenters. The maximum atomic E-state index is 3.50. The van der Waals surface area contributed by atoms with Crippen molar-refractivity contribution >= 4 is 59.0 Å². The molecule has 8 rings (SSSR count). The zero-order valence-corrected chi connectivity index (χ0v) is 35.2. The number of nitrogens with zero attached hydrogens (tertiary/aromatic N) is 8. The van der Waals surface area contributed by atoms with Gasteiger partial charge in [0.1, 0.15) is 0 Å². The molecule has 0 spiro atoms. The molecular formula is C44H44Cu2N8P2. The number of benzene rings is 6. The molecule has 8 nitrogen and oxygen atoms in total. The van der Waals surface area contributed by atoms with Crippen LogP contribution in [0.2, 0.25) is 0 Å². The van der Waals surface area contributed by atoms with Gasteiger partial charge in [0.05, 0.1) is 0 Å². The van der Waals surface area contributed by atoms with Crippen LogP contribution in [0.3, 0.4) is 0 Å². The first kappa shape index (κ1) is 45.5. The maximum Gasteiger partial charge on any atom is 1.00 e. The molecule has 0 saturated carbocycles. The molecule has 292 valence electrons. The van der Waals surface area contributed by atoms with E-state index in [0.29, 0.717) is 0 Å². The van der Waals surface area contributed by atoms with Gasteiger partial charge in [-0.05, 0) is 49.2 Å². The largest absolute Gasteiger partial charge is 1.00 e. The van der Waals surface area contributed by atoms with Gasteiger partial charge in [0.2, 0.25) is 0 Å². The monoisotopic (exact) mass is 872 g/mol. The van der Waals surface area contributed by atoms with Gasteiger partial charge in [0, 0.05) is 62.8 Å². The van der Waals surface area contributed by atoms with Crippen molar-refractivity contribution in [1.82, 2.24) is 30.4 Å². The first-order chi connectivity index (χ1) is 26.5. The van der Waals surface area contributed by atoms with Gasteiger partial charge < -0.3 is 30.0 Å². The van der Waals surface area contributed by atoms with Crippen molar-refractivity contribution in [1.29, 1.82) is 0 Å². The summed E-state index contributed by atoms with van der Waals surface area (Å²) in [5, 5.41) is 21.8. The summed E-state index contributed by atoms with van der Waals surface area (Å²) in [6.45, 7) is 0. The van der Waals surface area contributed by atoms with Crippen LogP contribution in [0.25, 0.3) is 0 Å². The van der Waals surface area contributed by atoms with Crippen molar-refractivity contribution < 1.29 is 34.1 Å². The van der Waals surface area contributed by atoms with Gasteiger partial charge in [0.15, 0.2) is 0 Å². The molecule has 2 aromatic heterocycles. The third-order valence-electron chi connectivity index (χ3n) is 7.87. The predicted octanol–water partition coefficient (Wildman–Crippen LogP) is 5.88. The second-order valence-corrected chi connectivity index (χ2v) is 16.4. The fraction of sp³-hybridized carbons (Fsp3) is 0.0909. The number of para-hydroxylation sites is 2. The SMILES string of the molecule is CN(C)c1ccccc1P(c1ccccc1)c1ccccc1.CN(C)c1ccccc1P(c1ccccc1)c1ccccc1.[Cu+].[Cu+].c1nc[n-]n1.c1nc[n-]n1. The Balaban J connectivity index is 0.000000233. The first-order valence-electron chi connectivity index (χ1n) is 17.3. The Morgan fingerprint density at radius 3 is 0.857 bits per heavy atom. The van der Waals surface area contributed by atoms with E-state index in [1.165, 1.54) is 68.5 Å². The minimum absolute atomic E-state index is 0. The van der Waals surface area contributed by atoms with E-state index in [-0.39, 0.29) is 34.1 Å². The fourth-order valence-electron chi connectivity index (χ4n) is 5.52. The molecule has 0 aliphatic heterocycles. The van der Waals surface area contributed by atoms with E-state index in [9.17, 15) is 0 Å². The number of rotatable bonds is 8. The number of hydrogen-bond acceptors (Lipinski definition) is 6. The van der Waals surface area contributed by atoms with Crippen LogP contribution in [-0.2, 0) is 34.1 Å². The van der Waals surface area contributed by atoms with Gasteiger partial charge in [-0.1, -0.05) is 170 Å². The van der Waals surface area contributed by atoms with Crippen molar-refractivity contribution in [2.24, 2.45) is 0 Å². The molecule has 12 heteroatoms. The van der Waals surface area contributed by atoms with E-state index in [0.717, 1.165) is 0 Å². The Bertz CT molecular complexity index is 1870. The van der Waals surface area contributed by atoms with E-state index in [2.05, 4.69) is 238 Å². The molecule has 0 aliphatic rings. The number of aromatic nitrogens is 6. The molecule has 6 aromatic carbocycles. The zero-order valence-electron chi connectivity index (χ0n) is 31.6. The Kier molecular flexibility index (Phi) is 20.5. The minimum Gasteiger partial charge on any atom is -0.432 e. The maximum absolute atomic E-state index is 3.50. The second-order valence-electron chi connectivity index (χ2n) is 12.0. The molecule has 8 aromatic rings. The summed E-state index contributed by atoms with van der Waals surface area (Å²) < 4.78 is 0. The first-order valence-corrected chi connectivity index (χ1v) is 20.0. The Labute approximate surface area is 354 Å². The fourth-order valence-corrected chi connectivity index (χ4v) is 10.6. The summed E-state index contributed by atoms with van der Waals surface area (Å²) in [5.74, 6) is 0. The van der Waals surface area contributed by atoms with Crippen LogP contribution in [0.1, 0.15) is 0 Å². The summed E-state index contributed by atoms with van der Waals surface area (Å²) in [5.41, 5.74) is 2.59. The summed E-state index contributed by atoms with van der Waals surface area (Å²) >= 11 is 0. The van der Waals surface area contributed by atoms with Crippen LogP contribution >= 0.6 is 15.8 Å². The van der Waals surface area contributed by atoms with E-state index in [4.69, 9.17) is 0 Å². The van der Waals surface area contributed by atoms with Gasteiger partial charge in [-0.25, -0.2) is 0 Å². The normalized spacial score (nSPS) is 9.82. The van der Waals surface area contributed by atoms with E-state index >= 15 is 0 Å². The molecule has 0 bridgehead atoms. The summed E-state index contributed by atoms with van der Waals surface area (Å²) in [6, 6.07) is 60.8. The minimum atomic E-state index is -0.541. The number of hydrogen-bond donors (Lipinski definition) is 0. The van der Waals surface area contributed by atoms with Gasteiger partial charge >= 0.3 is 34.1 Å². The molecular weight excluding hydrogens is 830 g/mol. The van der Waals surface area contributed by atoms with Crippen LogP contribution in [0.15, 0.2) is 195 Å². The molecule has 0 radical (unpaired) electrons. The molecule has 0 amide bonds. The average Bonchev–Trinajstić information content (AvgIpc) is 4.02. The smallest absolute Gasteiger partial charge is 0.432 e. The van der Waals surface area contributed by atoms with Crippen LogP contribution in [-0.4, -0.2) is 48.4 Å². The van der Waals surface area contributed by atoms with Gasteiger partial charge in [-0.15, -0.1) is 0 Å². The van der Waals surface area contributed by atoms with Gasteiger partial charge in [-0.3, -0.25) is 10.2 Å². The summed E-state index contributed by atoms with van der Waals surface area (Å²) in [6.07, 6.45) is 5.56. The van der Waals surface area contributed by atoms with Crippen molar-refractivity contribution in [2.45, 2.75) is 0 Å². The molecule has 0 atom stereocenters. The standard InChI is InChI=1S/2C20H20NP.2C2H2N3.2Cu/c2*1-21(2)19-15-9-10-16-20(19)22(17-11-5-3-6-12-17)18-13-7-4-8-14-18;2*1-3-2-5-4-1;;/h2*3-16H,1-2H3;2*1-2H;;/q;;2*-1;2*+1. The van der Waals surface area contributed by atoms with Gasteiger partial charge in [0.25, 0.3) is 0 Å². The molecule has 56 heavy (non-hydrogen) atoms. The third kappa shape index (κ3) is 13.7. The van der Waals surface area contributed by atoms with Crippen molar-refractivity contribution in [3.8, 4) is 0 Å². The Morgan fingerprint density at radius 1 is 0.375 bits per heavy atom. The third-order valence-corrected chi connectivity index (χ3v) is 12.9. The van der Waals surface area contributed by atoms with E-state index in [1.807, 2.05) is 0 Å². The Hall–Kier alpha value is -4.90. The molecule has 0 aliphatic carbocycles. The van der Waals surface area contributed by atoms with Crippen LogP contribution in [0.5, 0.6) is 0 Å². The zero-order chi connectivity index (χ0) is 37.8. The van der Waals surface area contributed by atoms with Gasteiger partial charge in [-0.2, -0.15) is 0 Å². The topological polar surface area (TPSA) is 86.2 Å². The Morgan fingerprint density at radius 2 is 0.643 bits per heavy atom. The summed E-state index contributed by atoms with van der Waals surface area (Å²) in [7, 11) is 7.37. The summed E-state index contributed by atoms with van der Waals surface area (Å²) in [4.78, 5) is 11.4. The molecule has 2 heterocycles. The van der Waals surface area contributed by atoms with Crippen molar-refractivity contribution in [3.05, 3.63) is 195 Å². The van der Waals surface area contributed by atoms with Crippen molar-refractivity contribution in [2.75, 3.05) is 38.0 Å². The molecule has 0 fully saturated rings. The average molecular weight is 874 g/mol. The van der Waals surface area contributed by atoms with Crippen LogP contribution in [0, 0.1) is 0 Å². The predicted molar refractivity (Wildman–Crippen MR) is 230 cm³/mol.